The van der Waals surface area contributed by atoms with Crippen LogP contribution in [-0.4, -0.2) is 36.1 Å². The van der Waals surface area contributed by atoms with Gasteiger partial charge in [0.2, 0.25) is 5.91 Å². The molecule has 1 aliphatic heterocycles. The van der Waals surface area contributed by atoms with Crippen molar-refractivity contribution >= 4 is 5.91 Å². The van der Waals surface area contributed by atoms with Crippen molar-refractivity contribution in [1.82, 2.24) is 4.90 Å². The van der Waals surface area contributed by atoms with Crippen molar-refractivity contribution in [2.45, 2.75) is 77.9 Å². The molecule has 0 aromatic carbocycles. The lowest BCUT2D eigenvalue weighted by Crippen LogP contribution is -2.35. The average molecular weight is 281 g/mol. The number of ether oxygens (including phenoxy) is 1. The van der Waals surface area contributed by atoms with Crippen molar-refractivity contribution in [3.63, 3.8) is 0 Å². The molecular weight excluding hydrogens is 250 g/mol. The molecule has 0 radical (unpaired) electrons. The average Bonchev–Trinajstić information content (AvgIpc) is 3.22. The minimum atomic E-state index is 0.347. The van der Waals surface area contributed by atoms with E-state index in [2.05, 4.69) is 20.8 Å². The van der Waals surface area contributed by atoms with Gasteiger partial charge in [0.1, 0.15) is 0 Å². The lowest BCUT2D eigenvalue weighted by molar-refractivity contribution is -0.132. The molecule has 20 heavy (non-hydrogen) atoms. The van der Waals surface area contributed by atoms with Crippen LogP contribution < -0.4 is 0 Å². The first-order valence-corrected chi connectivity index (χ1v) is 8.64. The Kier molecular flexibility index (Phi) is 5.88. The van der Waals surface area contributed by atoms with E-state index in [0.29, 0.717) is 30.0 Å². The van der Waals surface area contributed by atoms with Gasteiger partial charge in [-0.2, -0.15) is 0 Å². The Morgan fingerprint density at radius 1 is 1.15 bits per heavy atom. The van der Waals surface area contributed by atoms with Crippen LogP contribution in [0.3, 0.4) is 0 Å². The Morgan fingerprint density at radius 2 is 1.90 bits per heavy atom. The van der Waals surface area contributed by atoms with Crippen LogP contribution in [0.2, 0.25) is 0 Å². The van der Waals surface area contributed by atoms with E-state index in [0.717, 1.165) is 19.5 Å². The maximum absolute atomic E-state index is 12.4. The first-order chi connectivity index (χ1) is 9.71. The van der Waals surface area contributed by atoms with Gasteiger partial charge in [-0.1, -0.05) is 26.2 Å². The Hall–Kier alpha value is -0.570. The van der Waals surface area contributed by atoms with E-state index < -0.39 is 0 Å². The fourth-order valence-corrected chi connectivity index (χ4v) is 3.84. The maximum atomic E-state index is 12.4. The van der Waals surface area contributed by atoms with E-state index in [1.54, 1.807) is 0 Å². The highest BCUT2D eigenvalue weighted by Crippen LogP contribution is 2.47. The number of nitrogens with zero attached hydrogens (tertiary/aromatic N) is 1. The number of fused-ring (bicyclic) bond motifs is 1. The molecule has 0 bridgehead atoms. The number of amides is 1. The Labute approximate surface area is 124 Å². The minimum Gasteiger partial charge on any atom is -0.369 e. The molecule has 0 aromatic rings. The second kappa shape index (κ2) is 7.44. The molecule has 116 valence electrons. The highest BCUT2D eigenvalue weighted by molar-refractivity contribution is 5.76. The monoisotopic (exact) mass is 281 g/mol. The molecule has 3 heteroatoms. The fourth-order valence-electron chi connectivity index (χ4n) is 3.84. The highest BCUT2D eigenvalue weighted by atomic mass is 16.6. The number of hydrogen-bond acceptors (Lipinski definition) is 2. The molecule has 1 amide bonds. The predicted octanol–water partition coefficient (Wildman–Crippen LogP) is 3.62. The fraction of sp³-hybridized carbons (Fsp3) is 0.941. The SMILES string of the molecule is CCCCCC1C(CC(=O)N(CC)CC)CCC2OC21. The summed E-state index contributed by atoms with van der Waals surface area (Å²) in [6.45, 7) is 8.07. The van der Waals surface area contributed by atoms with Gasteiger partial charge in [-0.3, -0.25) is 4.79 Å². The van der Waals surface area contributed by atoms with Gasteiger partial charge in [-0.15, -0.1) is 0 Å². The third-order valence-electron chi connectivity index (χ3n) is 5.17. The van der Waals surface area contributed by atoms with Crippen molar-refractivity contribution < 1.29 is 9.53 Å². The van der Waals surface area contributed by atoms with E-state index in [-0.39, 0.29) is 0 Å². The highest BCUT2D eigenvalue weighted by Gasteiger charge is 2.50. The molecule has 2 fully saturated rings. The lowest BCUT2D eigenvalue weighted by atomic mass is 9.75. The van der Waals surface area contributed by atoms with Crippen LogP contribution in [0, 0.1) is 11.8 Å². The summed E-state index contributed by atoms with van der Waals surface area (Å²) in [5.74, 6) is 1.54. The number of rotatable bonds is 8. The zero-order valence-electron chi connectivity index (χ0n) is 13.4. The summed E-state index contributed by atoms with van der Waals surface area (Å²) in [5, 5.41) is 0. The Bertz CT molecular complexity index is 314. The van der Waals surface area contributed by atoms with Crippen LogP contribution in [0.1, 0.15) is 65.7 Å². The van der Waals surface area contributed by atoms with Gasteiger partial charge < -0.3 is 9.64 Å². The first kappa shape index (κ1) is 15.8. The normalized spacial score (nSPS) is 31.8. The van der Waals surface area contributed by atoms with E-state index in [1.807, 2.05) is 4.90 Å². The van der Waals surface area contributed by atoms with Gasteiger partial charge in [-0.05, 0) is 44.9 Å². The quantitative estimate of drug-likeness (QED) is 0.503. The summed E-state index contributed by atoms with van der Waals surface area (Å²) in [4.78, 5) is 14.3. The zero-order chi connectivity index (χ0) is 14.5. The summed E-state index contributed by atoms with van der Waals surface area (Å²) in [7, 11) is 0. The van der Waals surface area contributed by atoms with Gasteiger partial charge in [0, 0.05) is 19.5 Å². The van der Waals surface area contributed by atoms with Gasteiger partial charge in [0.25, 0.3) is 0 Å². The molecule has 2 rings (SSSR count). The molecule has 0 spiro atoms. The molecule has 1 saturated carbocycles. The molecule has 1 saturated heterocycles. The second-order valence-corrected chi connectivity index (χ2v) is 6.41. The molecule has 2 aliphatic rings. The number of epoxide rings is 1. The lowest BCUT2D eigenvalue weighted by Gasteiger charge is -2.30. The van der Waals surface area contributed by atoms with E-state index in [4.69, 9.17) is 4.74 Å². The predicted molar refractivity (Wildman–Crippen MR) is 81.6 cm³/mol. The third-order valence-corrected chi connectivity index (χ3v) is 5.17. The molecule has 3 nitrogen and oxygen atoms in total. The summed E-state index contributed by atoms with van der Waals surface area (Å²) in [6, 6.07) is 0. The van der Waals surface area contributed by atoms with Crippen LogP contribution >= 0.6 is 0 Å². The van der Waals surface area contributed by atoms with Crippen molar-refractivity contribution in [2.24, 2.45) is 11.8 Å². The zero-order valence-corrected chi connectivity index (χ0v) is 13.4. The van der Waals surface area contributed by atoms with Crippen molar-refractivity contribution in [3.05, 3.63) is 0 Å². The summed E-state index contributed by atoms with van der Waals surface area (Å²) in [5.41, 5.74) is 0. The maximum Gasteiger partial charge on any atom is 0.222 e. The number of unbranched alkanes of at least 4 members (excludes halogenated alkanes) is 2. The standard InChI is InChI=1S/C17H31NO2/c1-4-7-8-9-14-13(10-11-15-17(14)20-15)12-16(19)18(5-2)6-3/h13-15,17H,4-12H2,1-3H3. The number of hydrogen-bond donors (Lipinski definition) is 0. The van der Waals surface area contributed by atoms with Crippen molar-refractivity contribution in [3.8, 4) is 0 Å². The molecule has 1 aliphatic carbocycles. The van der Waals surface area contributed by atoms with Gasteiger partial charge in [-0.25, -0.2) is 0 Å². The molecule has 0 aromatic heterocycles. The second-order valence-electron chi connectivity index (χ2n) is 6.41. The minimum absolute atomic E-state index is 0.347. The molecule has 1 heterocycles. The smallest absolute Gasteiger partial charge is 0.222 e. The van der Waals surface area contributed by atoms with E-state index >= 15 is 0 Å². The van der Waals surface area contributed by atoms with Crippen LogP contribution in [0.4, 0.5) is 0 Å². The van der Waals surface area contributed by atoms with Crippen molar-refractivity contribution in [2.75, 3.05) is 13.1 Å². The molecule has 4 atom stereocenters. The van der Waals surface area contributed by atoms with Gasteiger partial charge in [0.15, 0.2) is 0 Å². The van der Waals surface area contributed by atoms with Gasteiger partial charge >= 0.3 is 0 Å². The van der Waals surface area contributed by atoms with Gasteiger partial charge in [0.05, 0.1) is 12.2 Å². The summed E-state index contributed by atoms with van der Waals surface area (Å²) >= 11 is 0. The molecule has 0 N–H and O–H groups in total. The summed E-state index contributed by atoms with van der Waals surface area (Å²) < 4.78 is 5.82. The van der Waals surface area contributed by atoms with E-state index in [1.165, 1.54) is 38.5 Å². The van der Waals surface area contributed by atoms with E-state index in [9.17, 15) is 4.79 Å². The topological polar surface area (TPSA) is 32.8 Å². The van der Waals surface area contributed by atoms with Crippen LogP contribution in [0.25, 0.3) is 0 Å². The van der Waals surface area contributed by atoms with Crippen LogP contribution in [0.5, 0.6) is 0 Å². The first-order valence-electron chi connectivity index (χ1n) is 8.64. The number of carbonyl (C=O) groups excluding carboxylic acids is 1. The molecular formula is C17H31NO2. The molecule has 4 unspecified atom stereocenters. The number of carbonyl (C=O) groups is 1. The Balaban J connectivity index is 1.88. The summed E-state index contributed by atoms with van der Waals surface area (Å²) in [6.07, 6.45) is 9.24. The Morgan fingerprint density at radius 3 is 2.55 bits per heavy atom. The van der Waals surface area contributed by atoms with Crippen LogP contribution in [-0.2, 0) is 9.53 Å². The third kappa shape index (κ3) is 3.75. The largest absolute Gasteiger partial charge is 0.369 e. The van der Waals surface area contributed by atoms with Crippen LogP contribution in [0.15, 0.2) is 0 Å². The van der Waals surface area contributed by atoms with Crippen molar-refractivity contribution in [1.29, 1.82) is 0 Å².